The smallest absolute Gasteiger partial charge is 0.197 e. The molecule has 1 unspecified atom stereocenters. The zero-order valence-corrected chi connectivity index (χ0v) is 10.9. The molecule has 7 heteroatoms. The molecule has 1 rings (SSSR count). The average Bonchev–Trinajstić information content (AvgIpc) is 2.21. The van der Waals surface area contributed by atoms with Crippen LogP contribution in [0, 0.1) is 23.3 Å². The lowest BCUT2D eigenvalue weighted by molar-refractivity contribution is 0.388. The molecule has 0 N–H and O–H groups in total. The molecule has 1 aromatic carbocycles. The van der Waals surface area contributed by atoms with Crippen molar-refractivity contribution in [3.05, 3.63) is 34.9 Å². The van der Waals surface area contributed by atoms with Crippen LogP contribution in [0.3, 0.4) is 0 Å². The molecule has 0 nitrogen and oxygen atoms in total. The number of halogens is 6. The van der Waals surface area contributed by atoms with Crippen molar-refractivity contribution in [3.8, 4) is 0 Å². The lowest BCUT2D eigenvalue weighted by Crippen LogP contribution is -2.34. The molecule has 1 atom stereocenters. The van der Waals surface area contributed by atoms with Gasteiger partial charge in [-0.2, -0.15) is 11.1 Å². The number of hydrogen-bond acceptors (Lipinski definition) is 0. The van der Waals surface area contributed by atoms with Crippen LogP contribution in [-0.2, 0) is 6.42 Å². The fourth-order valence-corrected chi connectivity index (χ4v) is 2.14. The molecule has 0 saturated carbocycles. The van der Waals surface area contributed by atoms with Crippen LogP contribution in [-0.4, -0.2) is 13.2 Å². The summed E-state index contributed by atoms with van der Waals surface area (Å²) in [4.78, 5) is 0. The van der Waals surface area contributed by atoms with E-state index in [1.54, 1.807) is 0 Å². The summed E-state index contributed by atoms with van der Waals surface area (Å²) in [6, 6.07) is 0.456. The van der Waals surface area contributed by atoms with Crippen molar-refractivity contribution >= 4 is 18.5 Å². The summed E-state index contributed by atoms with van der Waals surface area (Å²) in [6.07, 6.45) is -0.567. The number of alkyl halides is 1. The third kappa shape index (κ3) is 3.19. The van der Waals surface area contributed by atoms with E-state index in [2.05, 4.69) is 0 Å². The minimum absolute atomic E-state index is 0.456. The Morgan fingerprint density at radius 1 is 1.12 bits per heavy atom. The summed E-state index contributed by atoms with van der Waals surface area (Å²) in [5, 5.41) is 0. The maximum absolute atomic E-state index is 13.6. The van der Waals surface area contributed by atoms with Gasteiger partial charge in [-0.3, -0.25) is 0 Å². The van der Waals surface area contributed by atoms with E-state index in [-0.39, 0.29) is 0 Å². The lowest BCUT2D eigenvalue weighted by Gasteiger charge is -2.19. The summed E-state index contributed by atoms with van der Waals surface area (Å²) in [5.74, 6) is -8.52. The number of rotatable bonds is 3. The van der Waals surface area contributed by atoms with Crippen LogP contribution in [0.25, 0.3) is 0 Å². The lowest BCUT2D eigenvalue weighted by atomic mass is 10.1. The summed E-state index contributed by atoms with van der Waals surface area (Å²) < 4.78 is 65.1. The van der Waals surface area contributed by atoms with E-state index in [1.807, 2.05) is 0 Å². The van der Waals surface area contributed by atoms with Gasteiger partial charge in [0.2, 0.25) is 0 Å². The molecule has 0 aliphatic carbocycles. The highest BCUT2D eigenvalue weighted by Gasteiger charge is 2.32. The molecule has 0 bridgehead atoms. The Morgan fingerprint density at radius 3 is 2.12 bits per heavy atom. The molecule has 0 fully saturated rings. The Balaban J connectivity index is 3.09. The van der Waals surface area contributed by atoms with E-state index >= 15 is 0 Å². The zero-order chi connectivity index (χ0) is 13.4. The highest BCUT2D eigenvalue weighted by Crippen LogP contribution is 2.25. The van der Waals surface area contributed by atoms with Gasteiger partial charge < -0.3 is 0 Å². The van der Waals surface area contributed by atoms with Crippen LogP contribution < -0.4 is 0 Å². The molecule has 0 aliphatic heterocycles. The molecule has 0 aromatic heterocycles. The highest BCUT2D eigenvalue weighted by molar-refractivity contribution is 7.19. The van der Waals surface area contributed by atoms with E-state index in [4.69, 9.17) is 11.1 Å². The third-order valence-corrected chi connectivity index (χ3v) is 4.73. The van der Waals surface area contributed by atoms with E-state index in [1.165, 1.54) is 13.1 Å². The summed E-state index contributed by atoms with van der Waals surface area (Å²) in [6.45, 7) is 2.96. The van der Waals surface area contributed by atoms with Crippen molar-refractivity contribution in [2.75, 3.05) is 0 Å². The molecule has 0 aliphatic rings. The van der Waals surface area contributed by atoms with Crippen molar-refractivity contribution in [1.29, 1.82) is 0 Å². The van der Waals surface area contributed by atoms with Crippen LogP contribution in [0.4, 0.5) is 22.0 Å². The van der Waals surface area contributed by atoms with Gasteiger partial charge in [0, 0.05) is 6.42 Å². The van der Waals surface area contributed by atoms with Crippen LogP contribution >= 0.6 is 11.1 Å². The van der Waals surface area contributed by atoms with Crippen LogP contribution in [0.5, 0.6) is 0 Å². The summed E-state index contributed by atoms with van der Waals surface area (Å²) in [5.41, 5.74) is -0.546. The standard InChI is InChI=1S/C10H10ClF5Si/c1-17(2,11)7(13)4-5-3-6(12)9(15)10(16)8(5)14/h3,7H,4H2,1-2H3. The molecule has 0 amide bonds. The predicted octanol–water partition coefficient (Wildman–Crippen LogP) is 4.11. The van der Waals surface area contributed by atoms with Crippen LogP contribution in [0.2, 0.25) is 13.1 Å². The van der Waals surface area contributed by atoms with Gasteiger partial charge in [0.1, 0.15) is 5.79 Å². The van der Waals surface area contributed by atoms with E-state index in [0.29, 0.717) is 6.07 Å². The third-order valence-electron chi connectivity index (χ3n) is 2.32. The molecule has 0 saturated heterocycles. The van der Waals surface area contributed by atoms with Crippen molar-refractivity contribution < 1.29 is 22.0 Å². The highest BCUT2D eigenvalue weighted by atomic mass is 35.6. The molecule has 0 radical (unpaired) electrons. The monoisotopic (exact) mass is 288 g/mol. The molecule has 0 spiro atoms. The topological polar surface area (TPSA) is 0 Å². The molecule has 17 heavy (non-hydrogen) atoms. The fourth-order valence-electron chi connectivity index (χ4n) is 1.21. The first-order chi connectivity index (χ1) is 7.64. The molecule has 0 heterocycles. The Labute approximate surface area is 101 Å². The Bertz CT molecular complexity index is 430. The van der Waals surface area contributed by atoms with Gasteiger partial charge in [-0.05, 0) is 11.6 Å². The van der Waals surface area contributed by atoms with Crippen molar-refractivity contribution in [1.82, 2.24) is 0 Å². The maximum atomic E-state index is 13.6. The number of hydrogen-bond donors (Lipinski definition) is 0. The minimum Gasteiger partial charge on any atom is -0.249 e. The van der Waals surface area contributed by atoms with E-state index in [0.717, 1.165) is 0 Å². The van der Waals surface area contributed by atoms with Gasteiger partial charge in [0.05, 0.1) is 0 Å². The second-order valence-electron chi connectivity index (χ2n) is 4.20. The van der Waals surface area contributed by atoms with Crippen molar-refractivity contribution in [2.45, 2.75) is 25.3 Å². The molecule has 96 valence electrons. The number of benzene rings is 1. The first kappa shape index (κ1) is 14.4. The van der Waals surface area contributed by atoms with Gasteiger partial charge in [-0.15, -0.1) is 0 Å². The second kappa shape index (κ2) is 4.94. The minimum atomic E-state index is -2.71. The Morgan fingerprint density at radius 2 is 1.65 bits per heavy atom. The Kier molecular flexibility index (Phi) is 4.19. The Hall–Kier alpha value is -0.623. The van der Waals surface area contributed by atoms with Gasteiger partial charge in [-0.25, -0.2) is 22.0 Å². The van der Waals surface area contributed by atoms with Crippen LogP contribution in [0.1, 0.15) is 5.56 Å². The van der Waals surface area contributed by atoms with Crippen molar-refractivity contribution in [3.63, 3.8) is 0 Å². The van der Waals surface area contributed by atoms with Crippen LogP contribution in [0.15, 0.2) is 6.07 Å². The normalized spacial score (nSPS) is 13.9. The largest absolute Gasteiger partial charge is 0.249 e. The molecule has 1 aromatic rings. The van der Waals surface area contributed by atoms with Gasteiger partial charge in [-0.1, -0.05) is 13.1 Å². The summed E-state index contributed by atoms with van der Waals surface area (Å²) in [7, 11) is -2.71. The molecular formula is C10H10ClF5Si. The van der Waals surface area contributed by atoms with E-state index in [9.17, 15) is 22.0 Å². The quantitative estimate of drug-likeness (QED) is 0.258. The van der Waals surface area contributed by atoms with Crippen molar-refractivity contribution in [2.24, 2.45) is 0 Å². The van der Waals surface area contributed by atoms with Gasteiger partial charge in [0.15, 0.2) is 30.7 Å². The molecular weight excluding hydrogens is 279 g/mol. The summed E-state index contributed by atoms with van der Waals surface area (Å²) >= 11 is 5.78. The van der Waals surface area contributed by atoms with Gasteiger partial charge >= 0.3 is 0 Å². The first-order valence-electron chi connectivity index (χ1n) is 4.79. The fraction of sp³-hybridized carbons (Fsp3) is 0.400. The zero-order valence-electron chi connectivity index (χ0n) is 9.13. The first-order valence-corrected chi connectivity index (χ1v) is 8.88. The maximum Gasteiger partial charge on any atom is 0.197 e. The predicted molar refractivity (Wildman–Crippen MR) is 58.2 cm³/mol. The average molecular weight is 289 g/mol. The van der Waals surface area contributed by atoms with E-state index < -0.39 is 48.4 Å². The second-order valence-corrected chi connectivity index (χ2v) is 10.9. The SMILES string of the molecule is C[Si](C)(Cl)C(F)Cc1cc(F)c(F)c(F)c1F. The van der Waals surface area contributed by atoms with Gasteiger partial charge in [0.25, 0.3) is 0 Å².